The van der Waals surface area contributed by atoms with E-state index in [4.69, 9.17) is 0 Å². The smallest absolute Gasteiger partial charge is 0.0417 e. The van der Waals surface area contributed by atoms with Gasteiger partial charge in [-0.3, -0.25) is 0 Å². The topological polar surface area (TPSA) is 0 Å². The number of hydrogen-bond donors (Lipinski definition) is 0. The van der Waals surface area contributed by atoms with Gasteiger partial charge >= 0.3 is 0 Å². The molecule has 0 N–H and O–H groups in total. The standard InChI is InChI=1S/2C8H16/c1-7-4-3-5-8(2)6-7;1-2-8-6-4-3-5-7-8/h7-8H,3-6H2,1-2H3;8H,2-7H2,1H3. The summed E-state index contributed by atoms with van der Waals surface area (Å²) in [7, 11) is 0. The van der Waals surface area contributed by atoms with Crippen LogP contribution in [0.3, 0.4) is 0 Å². The van der Waals surface area contributed by atoms with Gasteiger partial charge < -0.3 is 0 Å². The number of rotatable bonds is 1. The summed E-state index contributed by atoms with van der Waals surface area (Å²) in [5.74, 6) is 3.11. The monoisotopic (exact) mass is 224 g/mol. The maximum Gasteiger partial charge on any atom is -0.0417 e. The summed E-state index contributed by atoms with van der Waals surface area (Å²) in [5.41, 5.74) is 0. The van der Waals surface area contributed by atoms with Crippen molar-refractivity contribution in [2.75, 3.05) is 0 Å². The summed E-state index contributed by atoms with van der Waals surface area (Å²) in [6.07, 6.45) is 14.8. The van der Waals surface area contributed by atoms with Crippen LogP contribution < -0.4 is 0 Å². The van der Waals surface area contributed by atoms with Crippen molar-refractivity contribution in [1.82, 2.24) is 0 Å². The molecule has 2 fully saturated rings. The summed E-state index contributed by atoms with van der Waals surface area (Å²) in [5, 5.41) is 0. The highest BCUT2D eigenvalue weighted by molar-refractivity contribution is 4.66. The van der Waals surface area contributed by atoms with Crippen molar-refractivity contribution in [3.8, 4) is 0 Å². The van der Waals surface area contributed by atoms with Gasteiger partial charge in [0.2, 0.25) is 0 Å². The highest BCUT2D eigenvalue weighted by Crippen LogP contribution is 2.27. The van der Waals surface area contributed by atoms with Crippen LogP contribution in [0.25, 0.3) is 0 Å². The first-order chi connectivity index (χ1) is 7.72. The molecule has 0 bridgehead atoms. The molecule has 2 atom stereocenters. The fourth-order valence-electron chi connectivity index (χ4n) is 3.33. The Kier molecular flexibility index (Phi) is 7.16. The first kappa shape index (κ1) is 14.1. The van der Waals surface area contributed by atoms with E-state index in [9.17, 15) is 0 Å². The zero-order valence-corrected chi connectivity index (χ0v) is 11.8. The average Bonchev–Trinajstić information content (AvgIpc) is 2.31. The van der Waals surface area contributed by atoms with Crippen LogP contribution in [0.4, 0.5) is 0 Å². The van der Waals surface area contributed by atoms with Gasteiger partial charge in [-0.05, 0) is 24.2 Å². The summed E-state index contributed by atoms with van der Waals surface area (Å²) in [4.78, 5) is 0. The Bertz CT molecular complexity index is 147. The Labute approximate surface area is 103 Å². The lowest BCUT2D eigenvalue weighted by Crippen LogP contribution is -2.09. The molecule has 2 aliphatic rings. The normalized spacial score (nSPS) is 31.7. The maximum absolute atomic E-state index is 2.37. The first-order valence-corrected chi connectivity index (χ1v) is 7.72. The lowest BCUT2D eigenvalue weighted by molar-refractivity contribution is 0.301. The molecule has 0 aromatic rings. The van der Waals surface area contributed by atoms with Gasteiger partial charge in [-0.15, -0.1) is 0 Å². The van der Waals surface area contributed by atoms with Crippen molar-refractivity contribution in [3.63, 3.8) is 0 Å². The fourth-order valence-corrected chi connectivity index (χ4v) is 3.33. The zero-order chi connectivity index (χ0) is 11.8. The van der Waals surface area contributed by atoms with Gasteiger partial charge in [0, 0.05) is 0 Å². The second-order valence-electron chi connectivity index (χ2n) is 6.29. The molecule has 2 rings (SSSR count). The average molecular weight is 224 g/mol. The Hall–Kier alpha value is 0. The third kappa shape index (κ3) is 5.92. The van der Waals surface area contributed by atoms with Gasteiger partial charge in [-0.1, -0.05) is 78.6 Å². The van der Waals surface area contributed by atoms with E-state index in [1.807, 2.05) is 0 Å². The molecule has 0 heterocycles. The van der Waals surface area contributed by atoms with E-state index in [0.717, 1.165) is 17.8 Å². The fraction of sp³-hybridized carbons (Fsp3) is 1.00. The molecular weight excluding hydrogens is 192 g/mol. The van der Waals surface area contributed by atoms with Crippen molar-refractivity contribution in [3.05, 3.63) is 0 Å². The Balaban J connectivity index is 0.000000160. The van der Waals surface area contributed by atoms with Crippen LogP contribution in [-0.4, -0.2) is 0 Å². The first-order valence-electron chi connectivity index (χ1n) is 7.72. The minimum atomic E-state index is 1.01. The van der Waals surface area contributed by atoms with E-state index in [-0.39, 0.29) is 0 Å². The van der Waals surface area contributed by atoms with Crippen LogP contribution in [0.1, 0.15) is 85.0 Å². The second kappa shape index (κ2) is 8.14. The largest absolute Gasteiger partial charge is 0.0651 e. The molecule has 2 aliphatic carbocycles. The van der Waals surface area contributed by atoms with Crippen LogP contribution in [-0.2, 0) is 0 Å². The molecule has 0 heteroatoms. The lowest BCUT2D eigenvalue weighted by Gasteiger charge is -2.22. The number of hydrogen-bond acceptors (Lipinski definition) is 0. The summed E-state index contributed by atoms with van der Waals surface area (Å²) < 4.78 is 0. The van der Waals surface area contributed by atoms with E-state index in [1.54, 1.807) is 0 Å². The van der Waals surface area contributed by atoms with Gasteiger partial charge in [-0.25, -0.2) is 0 Å². The van der Waals surface area contributed by atoms with Crippen LogP contribution in [0.15, 0.2) is 0 Å². The third-order valence-electron chi connectivity index (χ3n) is 4.50. The van der Waals surface area contributed by atoms with E-state index in [0.29, 0.717) is 0 Å². The summed E-state index contributed by atoms with van der Waals surface area (Å²) in [6, 6.07) is 0. The molecule has 0 aliphatic heterocycles. The van der Waals surface area contributed by atoms with Gasteiger partial charge in [0.25, 0.3) is 0 Å². The van der Waals surface area contributed by atoms with E-state index >= 15 is 0 Å². The van der Waals surface area contributed by atoms with Crippen molar-refractivity contribution in [2.24, 2.45) is 17.8 Å². The molecule has 0 amide bonds. The Morgan fingerprint density at radius 2 is 1.31 bits per heavy atom. The Morgan fingerprint density at radius 3 is 1.62 bits per heavy atom. The molecule has 0 radical (unpaired) electrons. The highest BCUT2D eigenvalue weighted by Gasteiger charge is 2.13. The van der Waals surface area contributed by atoms with Gasteiger partial charge in [0.1, 0.15) is 0 Å². The summed E-state index contributed by atoms with van der Waals surface area (Å²) >= 11 is 0. The molecule has 0 nitrogen and oxygen atoms in total. The molecule has 96 valence electrons. The highest BCUT2D eigenvalue weighted by atomic mass is 14.2. The van der Waals surface area contributed by atoms with Crippen molar-refractivity contribution in [1.29, 1.82) is 0 Å². The van der Waals surface area contributed by atoms with Crippen molar-refractivity contribution in [2.45, 2.75) is 85.0 Å². The van der Waals surface area contributed by atoms with E-state index in [2.05, 4.69) is 20.8 Å². The molecule has 0 saturated heterocycles. The van der Waals surface area contributed by atoms with Crippen molar-refractivity contribution < 1.29 is 0 Å². The zero-order valence-electron chi connectivity index (χ0n) is 11.8. The second-order valence-corrected chi connectivity index (χ2v) is 6.29. The minimum Gasteiger partial charge on any atom is -0.0651 e. The van der Waals surface area contributed by atoms with Crippen LogP contribution in [0.5, 0.6) is 0 Å². The molecule has 0 spiro atoms. The molecule has 2 saturated carbocycles. The van der Waals surface area contributed by atoms with Gasteiger partial charge in [-0.2, -0.15) is 0 Å². The van der Waals surface area contributed by atoms with Crippen LogP contribution in [0.2, 0.25) is 0 Å². The maximum atomic E-state index is 2.37. The predicted octanol–water partition coefficient (Wildman–Crippen LogP) is 5.81. The molecule has 16 heavy (non-hydrogen) atoms. The van der Waals surface area contributed by atoms with Gasteiger partial charge in [0.05, 0.1) is 0 Å². The van der Waals surface area contributed by atoms with Crippen molar-refractivity contribution >= 4 is 0 Å². The molecular formula is C16H32. The van der Waals surface area contributed by atoms with E-state index < -0.39 is 0 Å². The van der Waals surface area contributed by atoms with Crippen LogP contribution in [0, 0.1) is 17.8 Å². The molecule has 2 unspecified atom stereocenters. The molecule has 0 aromatic carbocycles. The van der Waals surface area contributed by atoms with Crippen LogP contribution >= 0.6 is 0 Å². The lowest BCUT2D eigenvalue weighted by atomic mass is 9.84. The predicted molar refractivity (Wildman–Crippen MR) is 73.7 cm³/mol. The third-order valence-corrected chi connectivity index (χ3v) is 4.50. The summed E-state index contributed by atoms with van der Waals surface area (Å²) in [6.45, 7) is 7.06. The molecule has 0 aromatic heterocycles. The quantitative estimate of drug-likeness (QED) is 0.527. The Morgan fingerprint density at radius 1 is 0.750 bits per heavy atom. The minimum absolute atomic E-state index is 1.01. The van der Waals surface area contributed by atoms with E-state index in [1.165, 1.54) is 64.2 Å². The SMILES string of the molecule is CC1CCCC(C)C1.CCC1CCCCC1. The van der Waals surface area contributed by atoms with Gasteiger partial charge in [0.15, 0.2) is 0 Å².